The number of ether oxygens (including phenoxy) is 1. The summed E-state index contributed by atoms with van der Waals surface area (Å²) in [6.07, 6.45) is 2.93. The lowest BCUT2D eigenvalue weighted by Crippen LogP contribution is -3.18. The Labute approximate surface area is 179 Å². The zero-order valence-corrected chi connectivity index (χ0v) is 17.7. The smallest absolute Gasteiger partial charge is 0.246 e. The molecular formula is C23H29ClN2O3. The highest BCUT2D eigenvalue weighted by molar-refractivity contribution is 5.92. The van der Waals surface area contributed by atoms with Crippen molar-refractivity contribution in [1.29, 1.82) is 0 Å². The summed E-state index contributed by atoms with van der Waals surface area (Å²) < 4.78 is 5.32. The molecule has 2 atom stereocenters. The minimum Gasteiger partial charge on any atom is -1.00 e. The maximum atomic E-state index is 12.5. The zero-order valence-electron chi connectivity index (χ0n) is 16.9. The van der Waals surface area contributed by atoms with Gasteiger partial charge in [0.05, 0.1) is 33.3 Å². The molecule has 156 valence electrons. The molecule has 1 fully saturated rings. The Morgan fingerprint density at radius 1 is 1.10 bits per heavy atom. The third-order valence-corrected chi connectivity index (χ3v) is 5.52. The summed E-state index contributed by atoms with van der Waals surface area (Å²) in [5.74, 6) is 0.769. The summed E-state index contributed by atoms with van der Waals surface area (Å²) in [6.45, 7) is 5.12. The molecule has 0 aromatic heterocycles. The average Bonchev–Trinajstić information content (AvgIpc) is 2.77. The lowest BCUT2D eigenvalue weighted by atomic mass is 10.0. The molecule has 5 nitrogen and oxygen atoms in total. The van der Waals surface area contributed by atoms with Crippen molar-refractivity contribution in [3.63, 3.8) is 0 Å². The van der Waals surface area contributed by atoms with Gasteiger partial charge in [-0.3, -0.25) is 4.79 Å². The van der Waals surface area contributed by atoms with Crippen LogP contribution in [0.5, 0.6) is 5.75 Å². The van der Waals surface area contributed by atoms with Gasteiger partial charge in [0.1, 0.15) is 17.9 Å². The van der Waals surface area contributed by atoms with Crippen LogP contribution >= 0.6 is 0 Å². The van der Waals surface area contributed by atoms with Gasteiger partial charge in [-0.25, -0.2) is 0 Å². The molecule has 0 spiro atoms. The second-order valence-electron chi connectivity index (χ2n) is 7.20. The van der Waals surface area contributed by atoms with Gasteiger partial charge in [0.15, 0.2) is 0 Å². The molecule has 1 saturated heterocycles. The minimum atomic E-state index is -0.496. The number of methoxy groups -OCH3 is 1. The Balaban J connectivity index is 0.00000300. The van der Waals surface area contributed by atoms with Crippen molar-refractivity contribution >= 4 is 12.0 Å². The van der Waals surface area contributed by atoms with Gasteiger partial charge < -0.3 is 32.1 Å². The summed E-state index contributed by atoms with van der Waals surface area (Å²) >= 11 is 0. The number of nitrogens with zero attached hydrogens (tertiary/aromatic N) is 1. The van der Waals surface area contributed by atoms with Crippen LogP contribution < -0.4 is 22.0 Å². The Bertz CT molecular complexity index is 805. The third kappa shape index (κ3) is 5.82. The van der Waals surface area contributed by atoms with Crippen molar-refractivity contribution in [3.05, 3.63) is 71.8 Å². The highest BCUT2D eigenvalue weighted by atomic mass is 35.5. The monoisotopic (exact) mass is 416 g/mol. The number of hydrogen-bond donors (Lipinski definition) is 2. The quantitative estimate of drug-likeness (QED) is 0.567. The lowest BCUT2D eigenvalue weighted by molar-refractivity contribution is -0.931. The van der Waals surface area contributed by atoms with Crippen molar-refractivity contribution in [3.8, 4) is 5.75 Å². The Morgan fingerprint density at radius 2 is 1.72 bits per heavy atom. The van der Waals surface area contributed by atoms with Crippen LogP contribution in [0.1, 0.15) is 24.2 Å². The first kappa shape index (κ1) is 22.9. The standard InChI is InChI=1S/C23H28N2O3.ClH/c1-18(23(27)20-9-4-3-5-10-20)24-14-16-25(17-15-24)22(26)13-12-19-8-6-7-11-21(19)28-2;/h3-13,18,23,27H,14-17H2,1-2H3;1H/b13-12+;. The first-order valence-corrected chi connectivity index (χ1v) is 9.77. The second-order valence-corrected chi connectivity index (χ2v) is 7.20. The van der Waals surface area contributed by atoms with E-state index >= 15 is 0 Å². The Hall–Kier alpha value is -2.34. The summed E-state index contributed by atoms with van der Waals surface area (Å²) in [5.41, 5.74) is 1.84. The Kier molecular flexibility index (Phi) is 8.70. The summed E-state index contributed by atoms with van der Waals surface area (Å²) in [4.78, 5) is 15.7. The number of rotatable bonds is 6. The third-order valence-electron chi connectivity index (χ3n) is 5.52. The summed E-state index contributed by atoms with van der Waals surface area (Å²) in [6, 6.07) is 17.5. The number of quaternary nitrogens is 1. The van der Waals surface area contributed by atoms with Crippen LogP contribution in [0.2, 0.25) is 0 Å². The van der Waals surface area contributed by atoms with E-state index in [1.807, 2.05) is 65.6 Å². The van der Waals surface area contributed by atoms with Crippen molar-refractivity contribution in [2.75, 3.05) is 33.3 Å². The van der Waals surface area contributed by atoms with Crippen molar-refractivity contribution < 1.29 is 31.9 Å². The highest BCUT2D eigenvalue weighted by Crippen LogP contribution is 2.19. The fraction of sp³-hybridized carbons (Fsp3) is 0.348. The number of piperazine rings is 1. The van der Waals surface area contributed by atoms with E-state index in [9.17, 15) is 9.90 Å². The number of aliphatic hydroxyl groups is 1. The molecule has 1 heterocycles. The minimum absolute atomic E-state index is 0. The predicted molar refractivity (Wildman–Crippen MR) is 110 cm³/mol. The number of carbonyl (C=O) groups excluding carboxylic acids is 1. The molecule has 2 aromatic carbocycles. The molecule has 0 aliphatic carbocycles. The first-order chi connectivity index (χ1) is 13.6. The molecule has 0 saturated carbocycles. The molecule has 2 N–H and O–H groups in total. The van der Waals surface area contributed by atoms with Crippen molar-refractivity contribution in [2.45, 2.75) is 19.1 Å². The number of benzene rings is 2. The summed E-state index contributed by atoms with van der Waals surface area (Å²) in [7, 11) is 1.63. The van der Waals surface area contributed by atoms with Gasteiger partial charge in [-0.05, 0) is 24.6 Å². The van der Waals surface area contributed by atoms with Crippen molar-refractivity contribution in [1.82, 2.24) is 4.90 Å². The van der Waals surface area contributed by atoms with Gasteiger partial charge in [-0.2, -0.15) is 0 Å². The molecule has 0 radical (unpaired) electrons. The number of carbonyl (C=O) groups is 1. The zero-order chi connectivity index (χ0) is 19.9. The maximum absolute atomic E-state index is 12.5. The Morgan fingerprint density at radius 3 is 2.38 bits per heavy atom. The number of amides is 1. The average molecular weight is 417 g/mol. The van der Waals surface area contributed by atoms with E-state index in [0.717, 1.165) is 30.0 Å². The molecular weight excluding hydrogens is 388 g/mol. The molecule has 1 aliphatic rings. The van der Waals surface area contributed by atoms with Crippen LogP contribution in [0.25, 0.3) is 6.08 Å². The van der Waals surface area contributed by atoms with Gasteiger partial charge >= 0.3 is 0 Å². The van der Waals surface area contributed by atoms with Crippen molar-refractivity contribution in [2.24, 2.45) is 0 Å². The van der Waals surface area contributed by atoms with Crippen LogP contribution in [0, 0.1) is 0 Å². The van der Waals surface area contributed by atoms with E-state index in [1.54, 1.807) is 13.2 Å². The number of nitrogens with one attached hydrogen (secondary N) is 1. The van der Waals surface area contributed by atoms with Gasteiger partial charge in [0.25, 0.3) is 0 Å². The van der Waals surface area contributed by atoms with Crippen LogP contribution in [0.4, 0.5) is 0 Å². The van der Waals surface area contributed by atoms with Gasteiger partial charge in [0.2, 0.25) is 5.91 Å². The molecule has 0 bridgehead atoms. The van der Waals surface area contributed by atoms with E-state index in [4.69, 9.17) is 4.74 Å². The van der Waals surface area contributed by atoms with E-state index in [0.29, 0.717) is 13.1 Å². The molecule has 2 aromatic rings. The molecule has 2 unspecified atom stereocenters. The predicted octanol–water partition coefficient (Wildman–Crippen LogP) is -1.44. The SMILES string of the molecule is COc1ccccc1/C=C/C(=O)N1CC[NH+](C(C)C(O)c2ccccc2)CC1.[Cl-]. The second kappa shape index (κ2) is 11.0. The molecule has 6 heteroatoms. The van der Waals surface area contributed by atoms with Crippen LogP contribution in [0.15, 0.2) is 60.7 Å². The fourth-order valence-corrected chi connectivity index (χ4v) is 3.70. The highest BCUT2D eigenvalue weighted by Gasteiger charge is 2.30. The first-order valence-electron chi connectivity index (χ1n) is 9.77. The molecule has 3 rings (SSSR count). The summed E-state index contributed by atoms with van der Waals surface area (Å²) in [5, 5.41) is 10.7. The molecule has 1 aliphatic heterocycles. The van der Waals surface area contributed by atoms with Gasteiger partial charge in [0, 0.05) is 11.6 Å². The molecule has 1 amide bonds. The number of para-hydroxylation sites is 1. The molecule has 29 heavy (non-hydrogen) atoms. The van der Waals surface area contributed by atoms with E-state index in [2.05, 4.69) is 6.92 Å². The van der Waals surface area contributed by atoms with Crippen LogP contribution in [-0.4, -0.2) is 55.2 Å². The van der Waals surface area contributed by atoms with E-state index in [-0.39, 0.29) is 24.4 Å². The van der Waals surface area contributed by atoms with E-state index < -0.39 is 6.10 Å². The van der Waals surface area contributed by atoms with E-state index in [1.165, 1.54) is 4.90 Å². The van der Waals surface area contributed by atoms with Crippen LogP contribution in [-0.2, 0) is 4.79 Å². The maximum Gasteiger partial charge on any atom is 0.246 e. The van der Waals surface area contributed by atoms with Gasteiger partial charge in [-0.1, -0.05) is 48.5 Å². The van der Waals surface area contributed by atoms with Crippen LogP contribution in [0.3, 0.4) is 0 Å². The fourth-order valence-electron chi connectivity index (χ4n) is 3.70. The number of halogens is 1. The normalized spacial score (nSPS) is 16.9. The van der Waals surface area contributed by atoms with Gasteiger partial charge in [-0.15, -0.1) is 0 Å². The number of aliphatic hydroxyl groups excluding tert-OH is 1. The largest absolute Gasteiger partial charge is 1.00 e. The number of hydrogen-bond acceptors (Lipinski definition) is 3. The lowest BCUT2D eigenvalue weighted by Gasteiger charge is -2.36. The topological polar surface area (TPSA) is 54.2 Å².